The molecule has 21 heavy (non-hydrogen) atoms. The Balaban J connectivity index is 2.25. The van der Waals surface area contributed by atoms with E-state index < -0.39 is 0 Å². The fourth-order valence-corrected chi connectivity index (χ4v) is 2.41. The summed E-state index contributed by atoms with van der Waals surface area (Å²) in [4.78, 5) is 19.6. The Morgan fingerprint density at radius 2 is 2.10 bits per heavy atom. The van der Waals surface area contributed by atoms with Crippen LogP contribution in [0, 0.1) is 0 Å². The van der Waals surface area contributed by atoms with Gasteiger partial charge in [-0.2, -0.15) is 4.73 Å². The minimum Gasteiger partial charge on any atom is -0.409 e. The lowest BCUT2D eigenvalue weighted by Crippen LogP contribution is -2.21. The van der Waals surface area contributed by atoms with Crippen LogP contribution in [0.15, 0.2) is 24.5 Å². The Hall–Kier alpha value is -2.17. The number of nitrogens with zero attached hydrogens (tertiary/aromatic N) is 4. The van der Waals surface area contributed by atoms with Gasteiger partial charge in [0.1, 0.15) is 28.5 Å². The molecule has 0 spiro atoms. The van der Waals surface area contributed by atoms with Crippen molar-refractivity contribution in [2.45, 2.75) is 46.1 Å². The molecule has 0 fully saturated rings. The molecule has 0 aliphatic heterocycles. The molecule has 0 aromatic carbocycles. The van der Waals surface area contributed by atoms with Crippen LogP contribution in [0.2, 0.25) is 0 Å². The molecule has 0 saturated carbocycles. The van der Waals surface area contributed by atoms with Crippen LogP contribution in [0.25, 0.3) is 22.1 Å². The number of pyridine rings is 2. The van der Waals surface area contributed by atoms with Gasteiger partial charge >= 0.3 is 0 Å². The van der Waals surface area contributed by atoms with Gasteiger partial charge in [0.2, 0.25) is 0 Å². The summed E-state index contributed by atoms with van der Waals surface area (Å²) in [5, 5.41) is 0. The normalized spacial score (nSPS) is 11.6. The van der Waals surface area contributed by atoms with Gasteiger partial charge in [0.25, 0.3) is 0 Å². The average molecular weight is 284 g/mol. The van der Waals surface area contributed by atoms with E-state index in [1.54, 1.807) is 12.4 Å². The average Bonchev–Trinajstić information content (AvgIpc) is 2.82. The maximum absolute atomic E-state index is 5.99. The lowest BCUT2D eigenvalue weighted by atomic mass is 10.2. The van der Waals surface area contributed by atoms with Crippen molar-refractivity contribution < 1.29 is 4.84 Å². The van der Waals surface area contributed by atoms with Crippen molar-refractivity contribution in [1.29, 1.82) is 0 Å². The number of unbranched alkanes of at least 4 members (excludes halogenated alkanes) is 1. The second-order valence-electron chi connectivity index (χ2n) is 5.44. The lowest BCUT2D eigenvalue weighted by Gasteiger charge is -2.14. The first-order valence-electron chi connectivity index (χ1n) is 7.49. The molecule has 0 saturated heterocycles. The van der Waals surface area contributed by atoms with Crippen molar-refractivity contribution in [2.75, 3.05) is 0 Å². The monoisotopic (exact) mass is 284 g/mol. The summed E-state index contributed by atoms with van der Waals surface area (Å²) in [5.41, 5.74) is 3.46. The molecule has 5 nitrogen and oxygen atoms in total. The van der Waals surface area contributed by atoms with Gasteiger partial charge in [-0.1, -0.05) is 13.3 Å². The fourth-order valence-electron chi connectivity index (χ4n) is 2.41. The Bertz CT molecular complexity index is 763. The highest BCUT2D eigenvalue weighted by molar-refractivity contribution is 5.99. The van der Waals surface area contributed by atoms with E-state index in [0.29, 0.717) is 0 Å². The van der Waals surface area contributed by atoms with Crippen LogP contribution in [0.5, 0.6) is 0 Å². The molecule has 0 bridgehead atoms. The second-order valence-corrected chi connectivity index (χ2v) is 5.44. The zero-order valence-electron chi connectivity index (χ0n) is 12.7. The highest BCUT2D eigenvalue weighted by atomic mass is 16.7. The molecule has 0 unspecified atom stereocenters. The van der Waals surface area contributed by atoms with Crippen LogP contribution in [0.3, 0.4) is 0 Å². The van der Waals surface area contributed by atoms with E-state index in [-0.39, 0.29) is 6.10 Å². The largest absolute Gasteiger partial charge is 0.409 e. The van der Waals surface area contributed by atoms with Crippen molar-refractivity contribution in [3.05, 3.63) is 30.4 Å². The number of imidazole rings is 1. The molecular formula is C16H20N4O. The molecule has 110 valence electrons. The Labute approximate surface area is 123 Å². The lowest BCUT2D eigenvalue weighted by molar-refractivity contribution is 0.0620. The third-order valence-corrected chi connectivity index (χ3v) is 3.34. The highest BCUT2D eigenvalue weighted by Crippen LogP contribution is 2.23. The first-order valence-corrected chi connectivity index (χ1v) is 7.49. The quantitative estimate of drug-likeness (QED) is 0.722. The van der Waals surface area contributed by atoms with Crippen LogP contribution in [0.4, 0.5) is 0 Å². The molecule has 0 N–H and O–H groups in total. The summed E-state index contributed by atoms with van der Waals surface area (Å²) in [7, 11) is 0. The van der Waals surface area contributed by atoms with Crippen molar-refractivity contribution in [1.82, 2.24) is 19.7 Å². The van der Waals surface area contributed by atoms with Crippen LogP contribution < -0.4 is 4.84 Å². The minimum atomic E-state index is 0.0784. The van der Waals surface area contributed by atoms with Crippen LogP contribution in [0.1, 0.15) is 39.4 Å². The molecule has 0 radical (unpaired) electrons. The Morgan fingerprint density at radius 1 is 1.24 bits per heavy atom. The molecule has 3 aromatic heterocycles. The predicted molar refractivity (Wildman–Crippen MR) is 83.2 cm³/mol. The molecule has 0 amide bonds. The fraction of sp³-hybridized carbons (Fsp3) is 0.438. The van der Waals surface area contributed by atoms with E-state index in [1.165, 1.54) is 0 Å². The van der Waals surface area contributed by atoms with Gasteiger partial charge in [-0.3, -0.25) is 9.97 Å². The van der Waals surface area contributed by atoms with E-state index >= 15 is 0 Å². The topological polar surface area (TPSA) is 52.8 Å². The van der Waals surface area contributed by atoms with Gasteiger partial charge in [0.05, 0.1) is 11.7 Å². The van der Waals surface area contributed by atoms with Gasteiger partial charge in [0.15, 0.2) is 0 Å². The zero-order valence-corrected chi connectivity index (χ0v) is 12.7. The summed E-state index contributed by atoms with van der Waals surface area (Å²) < 4.78 is 1.85. The molecule has 0 atom stereocenters. The van der Waals surface area contributed by atoms with Crippen molar-refractivity contribution in [3.63, 3.8) is 0 Å². The van der Waals surface area contributed by atoms with Crippen LogP contribution in [-0.2, 0) is 6.42 Å². The van der Waals surface area contributed by atoms with Gasteiger partial charge in [-0.15, -0.1) is 0 Å². The Kier molecular flexibility index (Phi) is 3.73. The van der Waals surface area contributed by atoms with E-state index in [4.69, 9.17) is 4.84 Å². The SMILES string of the molecule is CCCCc1nc2cnc3cccnc3c2n1OC(C)C. The first kappa shape index (κ1) is 13.8. The van der Waals surface area contributed by atoms with Gasteiger partial charge < -0.3 is 4.84 Å². The third kappa shape index (κ3) is 2.55. The third-order valence-electron chi connectivity index (χ3n) is 3.34. The summed E-state index contributed by atoms with van der Waals surface area (Å²) in [6.07, 6.45) is 6.77. The van der Waals surface area contributed by atoms with Crippen LogP contribution in [-0.4, -0.2) is 25.8 Å². The number of aryl methyl sites for hydroxylation is 1. The highest BCUT2D eigenvalue weighted by Gasteiger charge is 2.16. The molecule has 3 heterocycles. The number of hydrogen-bond donors (Lipinski definition) is 0. The van der Waals surface area contributed by atoms with E-state index in [0.717, 1.165) is 47.2 Å². The maximum atomic E-state index is 5.99. The molecule has 3 aromatic rings. The smallest absolute Gasteiger partial charge is 0.146 e. The minimum absolute atomic E-state index is 0.0784. The molecule has 5 heteroatoms. The first-order chi connectivity index (χ1) is 10.2. The second kappa shape index (κ2) is 5.68. The Morgan fingerprint density at radius 3 is 2.86 bits per heavy atom. The van der Waals surface area contributed by atoms with Crippen LogP contribution >= 0.6 is 0 Å². The number of aromatic nitrogens is 4. The molecular weight excluding hydrogens is 264 g/mol. The summed E-state index contributed by atoms with van der Waals surface area (Å²) in [6.45, 7) is 6.22. The number of hydrogen-bond acceptors (Lipinski definition) is 4. The van der Waals surface area contributed by atoms with E-state index in [9.17, 15) is 0 Å². The van der Waals surface area contributed by atoms with E-state index in [1.807, 2.05) is 30.7 Å². The summed E-state index contributed by atoms with van der Waals surface area (Å²) in [6, 6.07) is 3.85. The van der Waals surface area contributed by atoms with Gasteiger partial charge in [-0.25, -0.2) is 4.98 Å². The molecule has 0 aliphatic rings. The molecule has 0 aliphatic carbocycles. The summed E-state index contributed by atoms with van der Waals surface area (Å²) >= 11 is 0. The summed E-state index contributed by atoms with van der Waals surface area (Å²) in [5.74, 6) is 0.945. The number of fused-ring (bicyclic) bond motifs is 3. The van der Waals surface area contributed by atoms with Crippen molar-refractivity contribution in [3.8, 4) is 0 Å². The molecule has 3 rings (SSSR count). The zero-order chi connectivity index (χ0) is 14.8. The van der Waals surface area contributed by atoms with Crippen molar-refractivity contribution >= 4 is 22.1 Å². The van der Waals surface area contributed by atoms with Gasteiger partial charge in [-0.05, 0) is 32.4 Å². The van der Waals surface area contributed by atoms with E-state index in [2.05, 4.69) is 21.9 Å². The number of rotatable bonds is 5. The standard InChI is InChI=1S/C16H20N4O/c1-4-5-8-14-19-13-10-18-12-7-6-9-17-15(12)16(13)20(14)21-11(2)3/h6-7,9-11H,4-5,8H2,1-3H3. The predicted octanol–water partition coefficient (Wildman–Crippen LogP) is 3.16. The maximum Gasteiger partial charge on any atom is 0.146 e. The van der Waals surface area contributed by atoms with Crippen molar-refractivity contribution in [2.24, 2.45) is 0 Å². The van der Waals surface area contributed by atoms with Gasteiger partial charge in [0, 0.05) is 12.6 Å².